The lowest BCUT2D eigenvalue weighted by molar-refractivity contribution is 0.414. The third-order valence-corrected chi connectivity index (χ3v) is 4.85. The summed E-state index contributed by atoms with van der Waals surface area (Å²) in [7, 11) is 1.68. The Labute approximate surface area is 183 Å². The topological polar surface area (TPSA) is 97.5 Å². The van der Waals surface area contributed by atoms with E-state index >= 15 is 0 Å². The van der Waals surface area contributed by atoms with Gasteiger partial charge in [0.2, 0.25) is 0 Å². The molecule has 31 heavy (non-hydrogen) atoms. The Balaban J connectivity index is 1.46. The van der Waals surface area contributed by atoms with E-state index in [-0.39, 0.29) is 0 Å². The highest BCUT2D eigenvalue weighted by atomic mass is 16.5. The van der Waals surface area contributed by atoms with Gasteiger partial charge in [-0.3, -0.25) is 9.98 Å². The van der Waals surface area contributed by atoms with Gasteiger partial charge in [0.1, 0.15) is 11.4 Å². The largest absolute Gasteiger partial charge is 0.497 e. The van der Waals surface area contributed by atoms with E-state index in [4.69, 9.17) is 14.3 Å². The van der Waals surface area contributed by atoms with Gasteiger partial charge in [0.15, 0.2) is 11.8 Å². The van der Waals surface area contributed by atoms with Crippen LogP contribution in [0.5, 0.6) is 5.75 Å². The van der Waals surface area contributed by atoms with E-state index in [9.17, 15) is 0 Å². The van der Waals surface area contributed by atoms with Gasteiger partial charge in [-0.1, -0.05) is 30.3 Å². The Morgan fingerprint density at radius 3 is 2.71 bits per heavy atom. The van der Waals surface area contributed by atoms with Crippen LogP contribution in [-0.4, -0.2) is 47.8 Å². The summed E-state index contributed by atoms with van der Waals surface area (Å²) in [6.07, 6.45) is 3.29. The number of hydrogen-bond acceptors (Lipinski definition) is 6. The summed E-state index contributed by atoms with van der Waals surface area (Å²) < 4.78 is 10.5. The Morgan fingerprint density at radius 1 is 1.16 bits per heavy atom. The van der Waals surface area contributed by atoms with Gasteiger partial charge >= 0.3 is 0 Å². The molecule has 2 N–H and O–H groups in total. The second-order valence-corrected chi connectivity index (χ2v) is 7.13. The summed E-state index contributed by atoms with van der Waals surface area (Å²) in [5.41, 5.74) is 1.96. The van der Waals surface area contributed by atoms with Crippen molar-refractivity contribution in [3.63, 3.8) is 0 Å². The maximum absolute atomic E-state index is 5.30. The van der Waals surface area contributed by atoms with E-state index in [0.717, 1.165) is 31.2 Å². The average molecular weight is 423 g/mol. The van der Waals surface area contributed by atoms with Crippen LogP contribution in [0.15, 0.2) is 58.2 Å². The molecule has 0 fully saturated rings. The molecule has 0 spiro atoms. The van der Waals surface area contributed by atoms with Crippen molar-refractivity contribution in [3.8, 4) is 17.3 Å². The summed E-state index contributed by atoms with van der Waals surface area (Å²) in [5.74, 6) is 3.15. The van der Waals surface area contributed by atoms with Gasteiger partial charge in [-0.15, -0.1) is 0 Å². The monoisotopic (exact) mass is 422 g/mol. The minimum Gasteiger partial charge on any atom is -0.497 e. The zero-order valence-electron chi connectivity index (χ0n) is 18.3. The summed E-state index contributed by atoms with van der Waals surface area (Å²) in [4.78, 5) is 13.3. The maximum Gasteiger partial charge on any atom is 0.276 e. The molecule has 1 atom stereocenters. The van der Waals surface area contributed by atoms with Gasteiger partial charge in [0.25, 0.3) is 5.89 Å². The number of pyridine rings is 1. The molecule has 1 aromatic carbocycles. The van der Waals surface area contributed by atoms with Gasteiger partial charge in [-0.25, -0.2) is 0 Å². The Bertz CT molecular complexity index is 940. The fraction of sp³-hybridized carbons (Fsp3) is 0.391. The molecule has 0 aliphatic heterocycles. The fourth-order valence-electron chi connectivity index (χ4n) is 3.05. The number of aromatic nitrogens is 3. The van der Waals surface area contributed by atoms with Crippen LogP contribution < -0.4 is 15.4 Å². The third kappa shape index (κ3) is 6.80. The minimum atomic E-state index is 0.418. The first-order valence-electron chi connectivity index (χ1n) is 10.6. The number of benzene rings is 1. The molecular formula is C23H30N6O2. The molecule has 3 rings (SSSR count). The standard InChI is InChI=1S/C23H30N6O2/c1-4-24-23(26-15-12-17(2)18-8-10-19(30-3)11-9-18)27-16-13-21-28-22(31-29-21)20-7-5-6-14-25-20/h5-11,14,17H,4,12-13,15-16H2,1-3H3,(H2,24,26,27). The van der Waals surface area contributed by atoms with Crippen molar-refractivity contribution in [2.24, 2.45) is 4.99 Å². The minimum absolute atomic E-state index is 0.418. The third-order valence-electron chi connectivity index (χ3n) is 4.85. The SMILES string of the molecule is CCNC(=NCCC(C)c1ccc(OC)cc1)NCCc1noc(-c2ccccn2)n1. The number of methoxy groups -OCH3 is 1. The molecule has 3 aromatic rings. The first-order chi connectivity index (χ1) is 15.2. The van der Waals surface area contributed by atoms with E-state index in [1.807, 2.05) is 30.3 Å². The molecule has 0 radical (unpaired) electrons. The van der Waals surface area contributed by atoms with Crippen LogP contribution >= 0.6 is 0 Å². The quantitative estimate of drug-likeness (QED) is 0.382. The smallest absolute Gasteiger partial charge is 0.276 e. The summed E-state index contributed by atoms with van der Waals surface area (Å²) in [5, 5.41) is 10.6. The first-order valence-corrected chi connectivity index (χ1v) is 10.6. The van der Waals surface area contributed by atoms with Crippen LogP contribution in [-0.2, 0) is 6.42 Å². The summed E-state index contributed by atoms with van der Waals surface area (Å²) >= 11 is 0. The molecule has 164 valence electrons. The number of guanidine groups is 1. The van der Waals surface area contributed by atoms with E-state index in [1.165, 1.54) is 5.56 Å². The number of nitrogens with zero attached hydrogens (tertiary/aromatic N) is 4. The van der Waals surface area contributed by atoms with Crippen LogP contribution in [0.25, 0.3) is 11.6 Å². The highest BCUT2D eigenvalue weighted by Crippen LogP contribution is 2.21. The van der Waals surface area contributed by atoms with Crippen molar-refractivity contribution in [1.29, 1.82) is 0 Å². The van der Waals surface area contributed by atoms with E-state index in [0.29, 0.717) is 36.3 Å². The van der Waals surface area contributed by atoms with E-state index in [2.05, 4.69) is 51.7 Å². The Kier molecular flexibility index (Phi) is 8.39. The molecule has 0 aliphatic rings. The molecule has 0 saturated carbocycles. The molecule has 2 aromatic heterocycles. The van der Waals surface area contributed by atoms with Crippen LogP contribution in [0.1, 0.15) is 37.6 Å². The predicted octanol–water partition coefficient (Wildman–Crippen LogP) is 3.43. The molecule has 0 aliphatic carbocycles. The lowest BCUT2D eigenvalue weighted by atomic mass is 9.98. The first kappa shape index (κ1) is 22.3. The number of rotatable bonds is 10. The van der Waals surface area contributed by atoms with Crippen molar-refractivity contribution in [3.05, 3.63) is 60.0 Å². The molecule has 8 heteroatoms. The Morgan fingerprint density at radius 2 is 2.00 bits per heavy atom. The zero-order chi connectivity index (χ0) is 21.9. The maximum atomic E-state index is 5.30. The molecule has 1 unspecified atom stereocenters. The average Bonchev–Trinajstić information content (AvgIpc) is 3.28. The van der Waals surface area contributed by atoms with E-state index in [1.54, 1.807) is 13.3 Å². The van der Waals surface area contributed by atoms with Gasteiger partial charge in [0.05, 0.1) is 7.11 Å². The molecule has 0 saturated heterocycles. The number of aliphatic imine (C=N–C) groups is 1. The number of ether oxygens (including phenoxy) is 1. The van der Waals surface area contributed by atoms with Crippen LogP contribution in [0.3, 0.4) is 0 Å². The van der Waals surface area contributed by atoms with Gasteiger partial charge < -0.3 is 19.9 Å². The number of hydrogen-bond donors (Lipinski definition) is 2. The van der Waals surface area contributed by atoms with Gasteiger partial charge in [-0.05, 0) is 49.1 Å². The Hall–Kier alpha value is -3.42. The molecule has 2 heterocycles. The second-order valence-electron chi connectivity index (χ2n) is 7.13. The van der Waals surface area contributed by atoms with Crippen molar-refractivity contribution in [2.75, 3.05) is 26.7 Å². The summed E-state index contributed by atoms with van der Waals surface area (Å²) in [6, 6.07) is 13.8. The summed E-state index contributed by atoms with van der Waals surface area (Å²) in [6.45, 7) is 6.45. The van der Waals surface area contributed by atoms with Crippen molar-refractivity contribution in [2.45, 2.75) is 32.6 Å². The van der Waals surface area contributed by atoms with Crippen molar-refractivity contribution < 1.29 is 9.26 Å². The lowest BCUT2D eigenvalue weighted by Gasteiger charge is -2.13. The van der Waals surface area contributed by atoms with Crippen molar-refractivity contribution in [1.82, 2.24) is 25.8 Å². The van der Waals surface area contributed by atoms with Crippen molar-refractivity contribution >= 4 is 5.96 Å². The van der Waals surface area contributed by atoms with Crippen LogP contribution in [0.4, 0.5) is 0 Å². The zero-order valence-corrected chi connectivity index (χ0v) is 18.3. The molecule has 0 bridgehead atoms. The molecule has 0 amide bonds. The van der Waals surface area contributed by atoms with Crippen LogP contribution in [0.2, 0.25) is 0 Å². The van der Waals surface area contributed by atoms with E-state index < -0.39 is 0 Å². The highest BCUT2D eigenvalue weighted by Gasteiger charge is 2.10. The number of nitrogens with one attached hydrogen (secondary N) is 2. The second kappa shape index (κ2) is 11.7. The predicted molar refractivity (Wildman–Crippen MR) is 121 cm³/mol. The normalized spacial score (nSPS) is 12.4. The van der Waals surface area contributed by atoms with Gasteiger partial charge in [0, 0.05) is 32.3 Å². The lowest BCUT2D eigenvalue weighted by Crippen LogP contribution is -2.38. The highest BCUT2D eigenvalue weighted by molar-refractivity contribution is 5.79. The molecular weight excluding hydrogens is 392 g/mol. The van der Waals surface area contributed by atoms with Gasteiger partial charge in [-0.2, -0.15) is 4.98 Å². The van der Waals surface area contributed by atoms with Crippen LogP contribution in [0, 0.1) is 0 Å². The fourth-order valence-corrected chi connectivity index (χ4v) is 3.05. The molecule has 8 nitrogen and oxygen atoms in total.